The standard InChI is InChI=1S/C29H25ClN2O7S/c1-4-9-20-14-19(16-25(38-5-2)26(20)39-40(36,37)22-10-7-6-8-11-22)15-23-27(33)31-29(35)32(28(23)34)24-17-21(30)13-12-18(24)3/h4,6-8,10-17H,1,5,9H2,2-3H3,(H,31,33,35)/b23-15+. The number of hydrogen-bond acceptors (Lipinski definition) is 7. The number of nitrogens with one attached hydrogen (secondary N) is 1. The number of allylic oxidation sites excluding steroid dienone is 1. The lowest BCUT2D eigenvalue weighted by atomic mass is 10.0. The van der Waals surface area contributed by atoms with Crippen LogP contribution in [0.15, 0.2) is 83.8 Å². The highest BCUT2D eigenvalue weighted by molar-refractivity contribution is 7.87. The third-order valence-corrected chi connectivity index (χ3v) is 7.34. The van der Waals surface area contributed by atoms with E-state index in [2.05, 4.69) is 11.9 Å². The minimum atomic E-state index is -4.21. The maximum Gasteiger partial charge on any atom is 0.339 e. The summed E-state index contributed by atoms with van der Waals surface area (Å²) in [4.78, 5) is 39.6. The highest BCUT2D eigenvalue weighted by atomic mass is 35.5. The van der Waals surface area contributed by atoms with E-state index in [4.69, 9.17) is 20.5 Å². The molecule has 0 spiro atoms. The van der Waals surface area contributed by atoms with Crippen molar-refractivity contribution in [1.29, 1.82) is 0 Å². The maximum absolute atomic E-state index is 13.4. The van der Waals surface area contributed by atoms with E-state index in [1.165, 1.54) is 30.3 Å². The number of rotatable bonds is 9. The minimum absolute atomic E-state index is 0.0428. The zero-order valence-corrected chi connectivity index (χ0v) is 23.2. The molecule has 4 amide bonds. The molecule has 3 aromatic rings. The zero-order valence-electron chi connectivity index (χ0n) is 21.6. The van der Waals surface area contributed by atoms with Crippen molar-refractivity contribution < 1.29 is 31.7 Å². The molecule has 0 saturated carbocycles. The van der Waals surface area contributed by atoms with Gasteiger partial charge in [-0.1, -0.05) is 41.9 Å². The minimum Gasteiger partial charge on any atom is -0.490 e. The van der Waals surface area contributed by atoms with Crippen LogP contribution in [-0.4, -0.2) is 32.9 Å². The Bertz CT molecular complexity index is 1650. The van der Waals surface area contributed by atoms with Crippen molar-refractivity contribution in [3.63, 3.8) is 0 Å². The lowest BCUT2D eigenvalue weighted by Crippen LogP contribution is -2.54. The fourth-order valence-electron chi connectivity index (χ4n) is 4.04. The topological polar surface area (TPSA) is 119 Å². The molecule has 0 aromatic heterocycles. The van der Waals surface area contributed by atoms with Crippen LogP contribution in [0.2, 0.25) is 5.02 Å². The van der Waals surface area contributed by atoms with Crippen LogP contribution in [0.5, 0.6) is 11.5 Å². The van der Waals surface area contributed by atoms with Crippen LogP contribution in [-0.2, 0) is 26.1 Å². The molecule has 0 radical (unpaired) electrons. The number of aryl methyl sites for hydroxylation is 1. The van der Waals surface area contributed by atoms with Gasteiger partial charge in [0, 0.05) is 10.6 Å². The molecule has 4 rings (SSSR count). The smallest absolute Gasteiger partial charge is 0.339 e. The molecular weight excluding hydrogens is 556 g/mol. The largest absolute Gasteiger partial charge is 0.490 e. The summed E-state index contributed by atoms with van der Waals surface area (Å²) < 4.78 is 37.2. The van der Waals surface area contributed by atoms with Gasteiger partial charge in [-0.15, -0.1) is 6.58 Å². The van der Waals surface area contributed by atoms with Gasteiger partial charge in [-0.2, -0.15) is 8.42 Å². The van der Waals surface area contributed by atoms with Gasteiger partial charge in [0.25, 0.3) is 11.8 Å². The number of urea groups is 1. The summed E-state index contributed by atoms with van der Waals surface area (Å²) in [5.41, 5.74) is 1.21. The lowest BCUT2D eigenvalue weighted by Gasteiger charge is -2.27. The summed E-state index contributed by atoms with van der Waals surface area (Å²) in [6.45, 7) is 7.31. The van der Waals surface area contributed by atoms with Gasteiger partial charge in [-0.3, -0.25) is 14.9 Å². The summed E-state index contributed by atoms with van der Waals surface area (Å²) in [6, 6.07) is 14.5. The van der Waals surface area contributed by atoms with Crippen molar-refractivity contribution in [2.75, 3.05) is 11.5 Å². The molecule has 40 heavy (non-hydrogen) atoms. The van der Waals surface area contributed by atoms with Gasteiger partial charge < -0.3 is 8.92 Å². The van der Waals surface area contributed by atoms with Crippen molar-refractivity contribution in [2.24, 2.45) is 0 Å². The maximum atomic E-state index is 13.4. The quantitative estimate of drug-likeness (QED) is 0.160. The van der Waals surface area contributed by atoms with Gasteiger partial charge in [-0.05, 0) is 73.9 Å². The van der Waals surface area contributed by atoms with E-state index in [-0.39, 0.29) is 40.7 Å². The van der Waals surface area contributed by atoms with Crippen molar-refractivity contribution in [1.82, 2.24) is 5.32 Å². The molecule has 1 aliphatic rings. The van der Waals surface area contributed by atoms with Crippen LogP contribution in [0.25, 0.3) is 6.08 Å². The molecule has 0 atom stereocenters. The number of barbiturate groups is 1. The van der Waals surface area contributed by atoms with E-state index in [1.54, 1.807) is 56.3 Å². The molecule has 0 bridgehead atoms. The number of carbonyl (C=O) groups is 3. The summed E-state index contributed by atoms with van der Waals surface area (Å²) in [5, 5.41) is 2.49. The molecule has 9 nitrogen and oxygen atoms in total. The van der Waals surface area contributed by atoms with Gasteiger partial charge in [0.2, 0.25) is 0 Å². The molecule has 1 heterocycles. The number of carbonyl (C=O) groups excluding carboxylic acids is 3. The Labute approximate surface area is 236 Å². The Kier molecular flexibility index (Phi) is 8.41. The molecule has 1 fully saturated rings. The Morgan fingerprint density at radius 3 is 2.45 bits per heavy atom. The van der Waals surface area contributed by atoms with Gasteiger partial charge in [-0.25, -0.2) is 9.69 Å². The Hall–Kier alpha value is -4.41. The Morgan fingerprint density at radius 1 is 1.05 bits per heavy atom. The van der Waals surface area contributed by atoms with Gasteiger partial charge in [0.15, 0.2) is 11.5 Å². The van der Waals surface area contributed by atoms with Crippen LogP contribution in [0.4, 0.5) is 10.5 Å². The lowest BCUT2D eigenvalue weighted by molar-refractivity contribution is -0.122. The van der Waals surface area contributed by atoms with E-state index >= 15 is 0 Å². The fourth-order valence-corrected chi connectivity index (χ4v) is 5.20. The predicted molar refractivity (Wildman–Crippen MR) is 151 cm³/mol. The number of halogens is 1. The second-order valence-electron chi connectivity index (χ2n) is 8.67. The number of ether oxygens (including phenoxy) is 1. The number of hydrogen-bond donors (Lipinski definition) is 1. The number of anilines is 1. The van der Waals surface area contributed by atoms with E-state index in [0.717, 1.165) is 4.90 Å². The number of benzene rings is 3. The number of amides is 4. The SMILES string of the molecule is C=CCc1cc(/C=C2\C(=O)NC(=O)N(c3cc(Cl)ccc3C)C2=O)cc(OCC)c1OS(=O)(=O)c1ccccc1. The molecule has 1 aliphatic heterocycles. The van der Waals surface area contributed by atoms with E-state index in [1.807, 2.05) is 0 Å². The summed E-state index contributed by atoms with van der Waals surface area (Å²) in [5.74, 6) is -1.70. The monoisotopic (exact) mass is 580 g/mol. The van der Waals surface area contributed by atoms with Crippen LogP contribution in [0, 0.1) is 6.92 Å². The Morgan fingerprint density at radius 2 is 1.77 bits per heavy atom. The van der Waals surface area contributed by atoms with Gasteiger partial charge in [0.1, 0.15) is 10.5 Å². The van der Waals surface area contributed by atoms with Crippen molar-refractivity contribution >= 4 is 51.3 Å². The highest BCUT2D eigenvalue weighted by Crippen LogP contribution is 2.37. The van der Waals surface area contributed by atoms with Gasteiger partial charge in [0.05, 0.1) is 12.3 Å². The van der Waals surface area contributed by atoms with E-state index in [0.29, 0.717) is 21.7 Å². The van der Waals surface area contributed by atoms with Crippen LogP contribution in [0.3, 0.4) is 0 Å². The third kappa shape index (κ3) is 5.93. The molecule has 11 heteroatoms. The summed E-state index contributed by atoms with van der Waals surface area (Å²) in [7, 11) is -4.21. The van der Waals surface area contributed by atoms with Gasteiger partial charge >= 0.3 is 16.1 Å². The van der Waals surface area contributed by atoms with Crippen molar-refractivity contribution in [3.8, 4) is 11.5 Å². The molecule has 206 valence electrons. The van der Waals surface area contributed by atoms with Crippen molar-refractivity contribution in [3.05, 3.63) is 101 Å². The first-order valence-electron chi connectivity index (χ1n) is 12.1. The van der Waals surface area contributed by atoms with Crippen LogP contribution in [0.1, 0.15) is 23.6 Å². The first kappa shape index (κ1) is 28.6. The second kappa shape index (κ2) is 11.8. The first-order valence-corrected chi connectivity index (χ1v) is 13.9. The number of imide groups is 2. The van der Waals surface area contributed by atoms with Crippen LogP contribution >= 0.6 is 11.6 Å². The molecule has 3 aromatic carbocycles. The summed E-state index contributed by atoms with van der Waals surface area (Å²) in [6.07, 6.45) is 3.02. The van der Waals surface area contributed by atoms with Crippen molar-refractivity contribution in [2.45, 2.75) is 25.2 Å². The van der Waals surface area contributed by atoms with E-state index < -0.39 is 28.0 Å². The highest BCUT2D eigenvalue weighted by Gasteiger charge is 2.37. The predicted octanol–water partition coefficient (Wildman–Crippen LogP) is 5.21. The fraction of sp³-hybridized carbons (Fsp3) is 0.138. The Balaban J connectivity index is 1.80. The molecule has 0 unspecified atom stereocenters. The number of nitrogens with zero attached hydrogens (tertiary/aromatic N) is 1. The zero-order chi connectivity index (χ0) is 29.0. The normalized spacial score (nSPS) is 14.7. The third-order valence-electron chi connectivity index (χ3n) is 5.87. The average Bonchev–Trinajstić information content (AvgIpc) is 2.91. The second-order valence-corrected chi connectivity index (χ2v) is 10.7. The molecule has 0 aliphatic carbocycles. The first-order chi connectivity index (χ1) is 19.1. The molecule has 1 saturated heterocycles. The average molecular weight is 581 g/mol. The van der Waals surface area contributed by atoms with Crippen LogP contribution < -0.4 is 19.1 Å². The molecule has 1 N–H and O–H groups in total. The summed E-state index contributed by atoms with van der Waals surface area (Å²) >= 11 is 6.09. The van der Waals surface area contributed by atoms with E-state index in [9.17, 15) is 22.8 Å². The molecular formula is C29H25ClN2O7S.